The van der Waals surface area contributed by atoms with Crippen LogP contribution in [0.1, 0.15) is 80.6 Å². The number of ether oxygens (including phenoxy) is 10. The highest BCUT2D eigenvalue weighted by atomic mass is 79.9. The molecule has 0 bridgehead atoms. The Hall–Kier alpha value is -13.7. The highest BCUT2D eigenvalue weighted by molar-refractivity contribution is 9.11. The van der Waals surface area contributed by atoms with Crippen molar-refractivity contribution in [1.82, 2.24) is 25.3 Å². The number of hydrogen-bond acceptors (Lipinski definition) is 26. The van der Waals surface area contributed by atoms with Gasteiger partial charge < -0.3 is 77.6 Å². The molecule has 680 valence electrons. The van der Waals surface area contributed by atoms with Crippen LogP contribution in [0.25, 0.3) is 40.9 Å². The van der Waals surface area contributed by atoms with Crippen molar-refractivity contribution in [2.75, 3.05) is 56.4 Å². The van der Waals surface area contributed by atoms with Crippen LogP contribution in [0.5, 0.6) is 46.0 Å². The molecule has 4 aliphatic rings. The van der Waals surface area contributed by atoms with E-state index < -0.39 is 30.1 Å². The van der Waals surface area contributed by atoms with E-state index in [4.69, 9.17) is 62.3 Å². The minimum absolute atomic E-state index is 0.232. The number of anilines is 3. The normalized spacial score (nSPS) is 15.1. The smallest absolute Gasteiger partial charge is 0.329 e. The summed E-state index contributed by atoms with van der Waals surface area (Å²) in [5.74, 6) is 2.92. The fraction of sp³-hybridized carbons (Fsp3) is 0.231. The van der Waals surface area contributed by atoms with Gasteiger partial charge in [0.2, 0.25) is 0 Å². The lowest BCUT2D eigenvalue weighted by Crippen LogP contribution is -2.46. The van der Waals surface area contributed by atoms with E-state index in [1.165, 1.54) is 27.4 Å². The maximum absolute atomic E-state index is 13.1. The molecule has 24 nitrogen and oxygen atoms in total. The van der Waals surface area contributed by atoms with Gasteiger partial charge in [0.05, 0.1) is 82.5 Å². The summed E-state index contributed by atoms with van der Waals surface area (Å²) in [6.07, 6.45) is 1.59. The molecule has 0 aliphatic carbocycles. The van der Waals surface area contributed by atoms with Gasteiger partial charge in [0.15, 0.2) is 65.3 Å². The number of esters is 2. The van der Waals surface area contributed by atoms with Gasteiger partial charge in [-0.05, 0) is 147 Å². The number of thiazole rings is 4. The van der Waals surface area contributed by atoms with Crippen molar-refractivity contribution >= 4 is 141 Å². The monoisotopic (exact) mass is 1920 g/mol. The largest absolute Gasteiger partial charge is 0.493 e. The Kier molecular flexibility index (Phi) is 30.7. The summed E-state index contributed by atoms with van der Waals surface area (Å²) in [5.41, 5.74) is 16.0. The van der Waals surface area contributed by atoms with Gasteiger partial charge in [-0.25, -0.2) is 34.3 Å². The average Bonchev–Trinajstić information content (AvgIpc) is 1.75. The molecular formula is C104H97BrN8O16S4. The van der Waals surface area contributed by atoms with Crippen molar-refractivity contribution in [1.29, 1.82) is 0 Å². The van der Waals surface area contributed by atoms with E-state index in [0.717, 1.165) is 112 Å². The molecule has 0 saturated carbocycles. The molecule has 4 aromatic heterocycles. The summed E-state index contributed by atoms with van der Waals surface area (Å²) in [4.78, 5) is 74.0. The highest BCUT2D eigenvalue weighted by Crippen LogP contribution is 2.47. The Bertz CT molecular complexity index is 6400. The number of carbonyl (C=O) groups excluding carboxylic acids is 2. The van der Waals surface area contributed by atoms with Gasteiger partial charge in [0.25, 0.3) is 0 Å². The average molecular weight is 1920 g/mol. The number of carbonyl (C=O) groups is 4. The number of aromatic nitrogens is 4. The summed E-state index contributed by atoms with van der Waals surface area (Å²) in [5, 5.41) is 25.6. The third kappa shape index (κ3) is 22.1. The lowest BCUT2D eigenvalue weighted by Gasteiger charge is -2.36. The number of fused-ring (bicyclic) bond motifs is 8. The molecule has 0 amide bonds. The molecule has 0 saturated heterocycles. The number of para-hydroxylation sites is 4. The molecular weight excluding hydrogens is 1830 g/mol. The molecule has 0 radical (unpaired) electrons. The first kappa shape index (κ1) is 92.6. The van der Waals surface area contributed by atoms with Gasteiger partial charge in [-0.3, -0.25) is 4.79 Å². The Labute approximate surface area is 794 Å². The molecule has 4 atom stereocenters. The van der Waals surface area contributed by atoms with Gasteiger partial charge >= 0.3 is 23.9 Å². The van der Waals surface area contributed by atoms with Crippen molar-refractivity contribution in [3.05, 3.63) is 338 Å². The number of nitrogens with zero attached hydrogens (tertiary/aromatic N) is 7. The summed E-state index contributed by atoms with van der Waals surface area (Å²) < 4.78 is 62.9. The summed E-state index contributed by atoms with van der Waals surface area (Å²) >= 11 is 9.61. The van der Waals surface area contributed by atoms with Crippen LogP contribution >= 0.6 is 61.3 Å². The van der Waals surface area contributed by atoms with E-state index in [0.29, 0.717) is 148 Å². The topological polar surface area (TPSA) is 274 Å². The van der Waals surface area contributed by atoms with E-state index in [9.17, 15) is 29.4 Å². The van der Waals surface area contributed by atoms with Crippen LogP contribution in [0.2, 0.25) is 0 Å². The molecule has 20 rings (SSSR count). The lowest BCUT2D eigenvalue weighted by molar-refractivity contribution is -0.146. The molecule has 4 aliphatic heterocycles. The fourth-order valence-electron chi connectivity index (χ4n) is 16.3. The summed E-state index contributed by atoms with van der Waals surface area (Å²) in [6, 6.07) is 84.9. The number of rotatable bonds is 25. The maximum Gasteiger partial charge on any atom is 0.329 e. The summed E-state index contributed by atoms with van der Waals surface area (Å²) in [7, 11) is 6.46. The van der Waals surface area contributed by atoms with Crippen LogP contribution in [-0.4, -0.2) is 120 Å². The number of hydrogen-bond donors (Lipinski definition) is 3. The number of methoxy groups -OCH3 is 4. The first-order chi connectivity index (χ1) is 65.0. The third-order valence-corrected chi connectivity index (χ3v) is 27.6. The van der Waals surface area contributed by atoms with E-state index in [1.807, 2.05) is 285 Å². The van der Waals surface area contributed by atoms with Crippen LogP contribution in [0.4, 0.5) is 15.4 Å². The van der Waals surface area contributed by atoms with Crippen molar-refractivity contribution < 1.29 is 76.8 Å². The molecule has 16 aromatic rings. The molecule has 0 fully saturated rings. The number of carboxylic acids is 2. The molecule has 133 heavy (non-hydrogen) atoms. The predicted octanol–water partition coefficient (Wildman–Crippen LogP) is 21.1. The zero-order chi connectivity index (χ0) is 92.3. The van der Waals surface area contributed by atoms with Crippen LogP contribution in [0.3, 0.4) is 0 Å². The minimum atomic E-state index is -0.883. The first-order valence-corrected chi connectivity index (χ1v) is 47.4. The van der Waals surface area contributed by atoms with Gasteiger partial charge in [-0.1, -0.05) is 228 Å². The zero-order valence-electron chi connectivity index (χ0n) is 73.9. The molecule has 0 spiro atoms. The number of halogens is 1. The number of aliphatic carboxylic acids is 2. The number of nitrogens with one attached hydrogen (secondary N) is 1. The molecule has 4 unspecified atom stereocenters. The van der Waals surface area contributed by atoms with Crippen molar-refractivity contribution in [3.8, 4) is 46.0 Å². The quantitative estimate of drug-likeness (QED) is 0.0448. The van der Waals surface area contributed by atoms with Crippen LogP contribution < -0.4 is 57.9 Å². The maximum atomic E-state index is 13.1. The predicted molar refractivity (Wildman–Crippen MR) is 525 cm³/mol. The second kappa shape index (κ2) is 44.0. The van der Waals surface area contributed by atoms with Gasteiger partial charge in [-0.2, -0.15) is 0 Å². The minimum Gasteiger partial charge on any atom is -0.493 e. The van der Waals surface area contributed by atoms with Gasteiger partial charge in [-0.15, -0.1) is 11.3 Å². The Morgan fingerprint density at radius 2 is 0.639 bits per heavy atom. The Morgan fingerprint density at radius 3 is 0.955 bits per heavy atom. The molecule has 12 aromatic carbocycles. The third-order valence-electron chi connectivity index (χ3n) is 22.9. The first-order valence-electron chi connectivity index (χ1n) is 43.4. The Morgan fingerprint density at radius 1 is 0.353 bits per heavy atom. The standard InChI is InChI=1S/C27H26N2O4S.2C25H22N2O4S.C20H23NO4.C7H4BrNS/c1-3-32-26(30)22-15-20-19(16-29(22)27-28-21-11-7-8-12-24(21)34-27)13-14-23(31-2)25(20)33-17-18-9-5-4-6-10-18;2*1-30-21-12-11-17-14-27(25-26-19-9-5-6-10-22(19)32-25)20(24(28)29)13-18(17)23(21)31-15-16-7-3-2-4-8-16;1-3-24-20(22)17-11-16-15(12-21-17)9-10-18(23-2)19(16)25-13-14-7-5-4-6-8-14;8-7-9-5-3-1-2-4-6(5)10-7/h4-14,22H,3,15-17H2,1-2H3;2*2-12,20H,13-15H2,1H3,(H,28,29);4-10,17,21H,3,11-13H2,1-2H3;1-4H. The van der Waals surface area contributed by atoms with Crippen LogP contribution in [-0.2, 0) is 107 Å². The van der Waals surface area contributed by atoms with E-state index in [1.54, 1.807) is 51.1 Å². The second-order valence-electron chi connectivity index (χ2n) is 31.2. The van der Waals surface area contributed by atoms with Crippen molar-refractivity contribution in [3.63, 3.8) is 0 Å². The molecule has 8 heterocycles. The fourth-order valence-corrected chi connectivity index (χ4v) is 20.7. The van der Waals surface area contributed by atoms with Gasteiger partial charge in [0.1, 0.15) is 50.6 Å². The highest BCUT2D eigenvalue weighted by Gasteiger charge is 2.41. The lowest BCUT2D eigenvalue weighted by atomic mass is 9.93. The second-order valence-corrected chi connectivity index (χ2v) is 36.6. The SMILES string of the molecule is Brc1nc2ccccc2s1.CCOC(=O)C1Cc2c(ccc(OC)c2OCc2ccccc2)CN1.CCOC(=O)C1Cc2c(ccc(OC)c2OCc2ccccc2)CN1c1nc2ccccc2s1.COc1ccc2c(c1OCc1ccccc1)CC(C(=O)O)N(c1nc3ccccc3s1)C2.COc1ccc2c(c1OCc1ccccc1)CC(C(=O)O)N(c1nc3ccccc3s1)C2. The number of carboxylic acid groups (broad SMARTS) is 2. The van der Waals surface area contributed by atoms with Crippen molar-refractivity contribution in [2.24, 2.45) is 0 Å². The zero-order valence-corrected chi connectivity index (χ0v) is 78.7. The van der Waals surface area contributed by atoms with Crippen LogP contribution in [0, 0.1) is 0 Å². The summed E-state index contributed by atoms with van der Waals surface area (Å²) in [6.45, 7) is 7.99. The van der Waals surface area contributed by atoms with Gasteiger partial charge in [0, 0.05) is 74.1 Å². The molecule has 3 N–H and O–H groups in total. The molecule has 29 heteroatoms. The van der Waals surface area contributed by atoms with Crippen LogP contribution in [0.15, 0.2) is 271 Å². The van der Waals surface area contributed by atoms with Crippen molar-refractivity contribution in [2.45, 2.75) is 116 Å². The number of benzene rings is 12. The van der Waals surface area contributed by atoms with E-state index in [2.05, 4.69) is 37.2 Å². The van der Waals surface area contributed by atoms with E-state index >= 15 is 0 Å². The Balaban J connectivity index is 0.000000125. The van der Waals surface area contributed by atoms with E-state index in [-0.39, 0.29) is 18.0 Å².